The van der Waals surface area contributed by atoms with Crippen molar-refractivity contribution in [3.8, 4) is 5.75 Å². The number of rotatable bonds is 1. The zero-order chi connectivity index (χ0) is 9.26. The number of hydrogen-bond donors (Lipinski definition) is 0. The summed E-state index contributed by atoms with van der Waals surface area (Å²) >= 11 is 5.86. The summed E-state index contributed by atoms with van der Waals surface area (Å²) < 4.78 is 0. The van der Waals surface area contributed by atoms with Crippen LogP contribution in [0.4, 0.5) is 0 Å². The van der Waals surface area contributed by atoms with E-state index in [4.69, 9.17) is 11.6 Å². The second-order valence-electron chi connectivity index (χ2n) is 3.66. The van der Waals surface area contributed by atoms with Crippen molar-refractivity contribution in [3.05, 3.63) is 28.8 Å². The predicted molar refractivity (Wildman–Crippen MR) is 52.1 cm³/mol. The molecule has 1 aromatic carbocycles. The van der Waals surface area contributed by atoms with Gasteiger partial charge in [0.25, 0.3) is 0 Å². The van der Waals surface area contributed by atoms with Crippen molar-refractivity contribution in [2.45, 2.75) is 31.6 Å². The van der Waals surface area contributed by atoms with Gasteiger partial charge in [-0.05, 0) is 30.9 Å². The molecular weight excluding hydrogens is 223 g/mol. The Morgan fingerprint density at radius 3 is 2.50 bits per heavy atom. The third-order valence-corrected chi connectivity index (χ3v) is 3.00. The molecule has 0 spiro atoms. The van der Waals surface area contributed by atoms with Gasteiger partial charge in [0.2, 0.25) is 0 Å². The van der Waals surface area contributed by atoms with Crippen molar-refractivity contribution in [3.63, 3.8) is 0 Å². The molecule has 0 amide bonds. The Balaban J connectivity index is 0.000000980. The summed E-state index contributed by atoms with van der Waals surface area (Å²) in [6, 6.07) is 5.08. The molecule has 14 heavy (non-hydrogen) atoms. The largest absolute Gasteiger partial charge is 1.00 e. The normalized spacial score (nSPS) is 16.6. The molecule has 0 saturated heterocycles. The second-order valence-corrected chi connectivity index (χ2v) is 4.10. The van der Waals surface area contributed by atoms with Gasteiger partial charge >= 0.3 is 51.4 Å². The van der Waals surface area contributed by atoms with Gasteiger partial charge < -0.3 is 5.11 Å². The maximum atomic E-state index is 11.5. The molecule has 1 aliphatic carbocycles. The van der Waals surface area contributed by atoms with Crippen molar-refractivity contribution in [2.75, 3.05) is 0 Å². The molecule has 1 saturated carbocycles. The predicted octanol–water partition coefficient (Wildman–Crippen LogP) is 0.0752. The molecule has 0 aromatic heterocycles. The summed E-state index contributed by atoms with van der Waals surface area (Å²) in [5.74, 6) is 0.613. The first-order valence-corrected chi connectivity index (χ1v) is 5.11. The van der Waals surface area contributed by atoms with Gasteiger partial charge in [-0.2, -0.15) is 0 Å². The molecule has 0 bridgehead atoms. The fourth-order valence-electron chi connectivity index (χ4n) is 2.08. The van der Waals surface area contributed by atoms with Crippen LogP contribution in [-0.4, -0.2) is 0 Å². The molecule has 3 heteroatoms. The monoisotopic (exact) mass is 234 g/mol. The zero-order valence-electron chi connectivity index (χ0n) is 8.42. The van der Waals surface area contributed by atoms with E-state index < -0.39 is 0 Å². The SMILES string of the molecule is [K+].[O-]c1ccc(Cl)cc1C1CCCC1. The Morgan fingerprint density at radius 1 is 1.21 bits per heavy atom. The summed E-state index contributed by atoms with van der Waals surface area (Å²) in [7, 11) is 0. The Bertz CT molecular complexity index is 308. The van der Waals surface area contributed by atoms with E-state index in [1.807, 2.05) is 6.07 Å². The standard InChI is InChI=1S/C11H13ClO.K/c12-9-5-6-11(13)10(7-9)8-3-1-2-4-8;/h5-8,13H,1-4H2;/q;+1/p-1. The number of benzene rings is 1. The molecule has 0 N–H and O–H groups in total. The van der Waals surface area contributed by atoms with Crippen LogP contribution in [0.2, 0.25) is 5.02 Å². The molecule has 0 atom stereocenters. The van der Waals surface area contributed by atoms with E-state index in [2.05, 4.69) is 0 Å². The number of hydrogen-bond acceptors (Lipinski definition) is 1. The first kappa shape index (κ1) is 13.0. The molecule has 0 aliphatic heterocycles. The van der Waals surface area contributed by atoms with Crippen molar-refractivity contribution in [1.82, 2.24) is 0 Å². The van der Waals surface area contributed by atoms with Gasteiger partial charge in [0, 0.05) is 5.02 Å². The topological polar surface area (TPSA) is 23.1 Å². The second kappa shape index (κ2) is 5.88. The van der Waals surface area contributed by atoms with E-state index in [0.717, 1.165) is 18.4 Å². The van der Waals surface area contributed by atoms with Crippen LogP contribution in [0.15, 0.2) is 18.2 Å². The van der Waals surface area contributed by atoms with E-state index in [0.29, 0.717) is 10.9 Å². The first-order chi connectivity index (χ1) is 6.27. The van der Waals surface area contributed by atoms with Crippen LogP contribution in [0.5, 0.6) is 5.75 Å². The minimum absolute atomic E-state index is 0. The maximum Gasteiger partial charge on any atom is 1.00 e. The molecule has 1 nitrogen and oxygen atoms in total. The van der Waals surface area contributed by atoms with Crippen molar-refractivity contribution in [1.29, 1.82) is 0 Å². The van der Waals surface area contributed by atoms with Crippen LogP contribution < -0.4 is 56.5 Å². The average Bonchev–Trinajstić information content (AvgIpc) is 2.61. The minimum Gasteiger partial charge on any atom is -0.872 e. The average molecular weight is 235 g/mol. The van der Waals surface area contributed by atoms with Gasteiger partial charge in [0.15, 0.2) is 0 Å². The summed E-state index contributed by atoms with van der Waals surface area (Å²) in [5.41, 5.74) is 0.921. The molecular formula is C11H12ClKO. The smallest absolute Gasteiger partial charge is 0.872 e. The van der Waals surface area contributed by atoms with Gasteiger partial charge in [0.1, 0.15) is 0 Å². The fraction of sp³-hybridized carbons (Fsp3) is 0.455. The summed E-state index contributed by atoms with van der Waals surface area (Å²) in [6.45, 7) is 0. The van der Waals surface area contributed by atoms with E-state index >= 15 is 0 Å². The van der Waals surface area contributed by atoms with Gasteiger partial charge in [0.05, 0.1) is 0 Å². The van der Waals surface area contributed by atoms with Crippen LogP contribution in [-0.2, 0) is 0 Å². The minimum atomic E-state index is 0. The Morgan fingerprint density at radius 2 is 1.86 bits per heavy atom. The van der Waals surface area contributed by atoms with E-state index in [9.17, 15) is 5.11 Å². The summed E-state index contributed by atoms with van der Waals surface area (Å²) in [4.78, 5) is 0. The third kappa shape index (κ3) is 2.97. The van der Waals surface area contributed by atoms with Gasteiger partial charge in [-0.15, -0.1) is 5.75 Å². The van der Waals surface area contributed by atoms with Crippen LogP contribution in [0.25, 0.3) is 0 Å². The fourth-order valence-corrected chi connectivity index (χ4v) is 2.26. The van der Waals surface area contributed by atoms with Crippen LogP contribution in [0, 0.1) is 0 Å². The Kier molecular flexibility index (Phi) is 5.46. The molecule has 2 rings (SSSR count). The van der Waals surface area contributed by atoms with Crippen LogP contribution >= 0.6 is 11.6 Å². The molecule has 1 fully saturated rings. The first-order valence-electron chi connectivity index (χ1n) is 4.74. The number of halogens is 1. The zero-order valence-corrected chi connectivity index (χ0v) is 12.3. The van der Waals surface area contributed by atoms with Crippen LogP contribution in [0.1, 0.15) is 37.2 Å². The molecule has 1 aromatic rings. The van der Waals surface area contributed by atoms with Gasteiger partial charge in [-0.25, -0.2) is 0 Å². The van der Waals surface area contributed by atoms with Crippen molar-refractivity contribution < 1.29 is 56.5 Å². The molecule has 70 valence electrons. The van der Waals surface area contributed by atoms with Crippen molar-refractivity contribution >= 4 is 11.6 Å². The maximum absolute atomic E-state index is 11.5. The molecule has 0 radical (unpaired) electrons. The quantitative estimate of drug-likeness (QED) is 0.631. The van der Waals surface area contributed by atoms with Gasteiger partial charge in [-0.1, -0.05) is 36.1 Å². The van der Waals surface area contributed by atoms with Crippen LogP contribution in [0.3, 0.4) is 0 Å². The third-order valence-electron chi connectivity index (χ3n) is 2.77. The van der Waals surface area contributed by atoms with Crippen molar-refractivity contribution in [2.24, 2.45) is 0 Å². The summed E-state index contributed by atoms with van der Waals surface area (Å²) in [5, 5.41) is 12.2. The van der Waals surface area contributed by atoms with E-state index in [1.54, 1.807) is 12.1 Å². The Labute approximate surface area is 132 Å². The summed E-state index contributed by atoms with van der Waals surface area (Å²) in [6.07, 6.45) is 4.79. The molecule has 0 heterocycles. The van der Waals surface area contributed by atoms with E-state index in [1.165, 1.54) is 12.8 Å². The molecule has 0 unspecified atom stereocenters. The van der Waals surface area contributed by atoms with E-state index in [-0.39, 0.29) is 57.1 Å². The molecule has 1 aliphatic rings. The van der Waals surface area contributed by atoms with Gasteiger partial charge in [-0.3, -0.25) is 0 Å². The Hall–Kier alpha value is 0.946.